The number of nitrogens with zero attached hydrogens (tertiary/aromatic N) is 3. The van der Waals surface area contributed by atoms with Gasteiger partial charge in [-0.05, 0) is 37.5 Å². The Balaban J connectivity index is 2.82. The lowest BCUT2D eigenvalue weighted by Crippen LogP contribution is -2.30. The van der Waals surface area contributed by atoms with Gasteiger partial charge in [-0.25, -0.2) is 4.98 Å². The van der Waals surface area contributed by atoms with Crippen molar-refractivity contribution in [2.24, 2.45) is 0 Å². The largest absolute Gasteiger partial charge is 0.396 e. The van der Waals surface area contributed by atoms with Crippen LogP contribution >= 0.6 is 11.8 Å². The first-order chi connectivity index (χ1) is 8.10. The number of nitrogens with two attached hydrogens (primary N) is 1. The summed E-state index contributed by atoms with van der Waals surface area (Å²) in [7, 11) is 1.99. The van der Waals surface area contributed by atoms with E-state index in [1.165, 1.54) is 0 Å². The zero-order chi connectivity index (χ0) is 12.8. The molecule has 0 bridgehead atoms. The number of pyridine rings is 1. The molecule has 2 N–H and O–H groups in total. The van der Waals surface area contributed by atoms with Crippen LogP contribution in [0.2, 0.25) is 0 Å². The molecule has 0 aliphatic carbocycles. The van der Waals surface area contributed by atoms with E-state index in [0.717, 1.165) is 18.0 Å². The van der Waals surface area contributed by atoms with Gasteiger partial charge in [0.1, 0.15) is 11.9 Å². The predicted octanol–water partition coefficient (Wildman–Crippen LogP) is 2.11. The third-order valence-corrected chi connectivity index (χ3v) is 3.42. The Morgan fingerprint density at radius 3 is 2.88 bits per heavy atom. The highest BCUT2D eigenvalue weighted by atomic mass is 32.2. The van der Waals surface area contributed by atoms with E-state index in [4.69, 9.17) is 11.0 Å². The second-order valence-electron chi connectivity index (χ2n) is 3.96. The van der Waals surface area contributed by atoms with Gasteiger partial charge in [-0.3, -0.25) is 0 Å². The Bertz CT molecular complexity index is 413. The van der Waals surface area contributed by atoms with Gasteiger partial charge in [0, 0.05) is 13.1 Å². The minimum Gasteiger partial charge on any atom is -0.396 e. The summed E-state index contributed by atoms with van der Waals surface area (Å²) in [5.74, 6) is 1.91. The summed E-state index contributed by atoms with van der Waals surface area (Å²) >= 11 is 1.83. The van der Waals surface area contributed by atoms with E-state index in [-0.39, 0.29) is 0 Å². The van der Waals surface area contributed by atoms with Gasteiger partial charge in [0.2, 0.25) is 0 Å². The molecule has 0 aliphatic rings. The molecule has 0 amide bonds. The fourth-order valence-corrected chi connectivity index (χ4v) is 2.03. The first-order valence-corrected chi connectivity index (χ1v) is 6.88. The van der Waals surface area contributed by atoms with Gasteiger partial charge in [0.15, 0.2) is 5.69 Å². The monoisotopic (exact) mass is 250 g/mol. The van der Waals surface area contributed by atoms with Crippen LogP contribution in [-0.4, -0.2) is 30.1 Å². The fourth-order valence-electron chi connectivity index (χ4n) is 1.45. The number of nitrogen functional groups attached to an aromatic ring is 1. The second-order valence-corrected chi connectivity index (χ2v) is 4.95. The van der Waals surface area contributed by atoms with Gasteiger partial charge in [0.05, 0.1) is 5.69 Å². The molecule has 0 saturated heterocycles. The lowest BCUT2D eigenvalue weighted by Gasteiger charge is -2.26. The number of anilines is 2. The topological polar surface area (TPSA) is 65.9 Å². The van der Waals surface area contributed by atoms with Gasteiger partial charge in [-0.15, -0.1) is 0 Å². The normalized spacial score (nSPS) is 11.9. The van der Waals surface area contributed by atoms with Gasteiger partial charge >= 0.3 is 0 Å². The average molecular weight is 250 g/mol. The van der Waals surface area contributed by atoms with Crippen LogP contribution in [0.5, 0.6) is 0 Å². The van der Waals surface area contributed by atoms with E-state index in [9.17, 15) is 0 Å². The Hall–Kier alpha value is -1.41. The van der Waals surface area contributed by atoms with Crippen molar-refractivity contribution in [3.05, 3.63) is 17.8 Å². The minimum atomic E-state index is 0.298. The molecular formula is C12H18N4S. The molecule has 0 aliphatic heterocycles. The van der Waals surface area contributed by atoms with Crippen LogP contribution in [0.4, 0.5) is 11.5 Å². The molecule has 0 radical (unpaired) electrons. The molecule has 1 aromatic heterocycles. The van der Waals surface area contributed by atoms with Crippen LogP contribution in [0.3, 0.4) is 0 Å². The first-order valence-electron chi connectivity index (χ1n) is 5.48. The highest BCUT2D eigenvalue weighted by Gasteiger charge is 2.12. The van der Waals surface area contributed by atoms with E-state index in [0.29, 0.717) is 17.4 Å². The summed E-state index contributed by atoms with van der Waals surface area (Å²) in [6.45, 7) is 2.15. The van der Waals surface area contributed by atoms with E-state index < -0.39 is 0 Å². The summed E-state index contributed by atoms with van der Waals surface area (Å²) in [6, 6.07) is 5.99. The van der Waals surface area contributed by atoms with Crippen LogP contribution in [0.25, 0.3) is 0 Å². The number of hydrogen-bond donors (Lipinski definition) is 1. The molecule has 1 rings (SSSR count). The van der Waals surface area contributed by atoms with Crippen LogP contribution in [0, 0.1) is 11.3 Å². The maximum Gasteiger partial charge on any atom is 0.165 e. The van der Waals surface area contributed by atoms with E-state index in [2.05, 4.69) is 23.1 Å². The molecule has 0 saturated carbocycles. The lowest BCUT2D eigenvalue weighted by molar-refractivity contribution is 0.662. The summed E-state index contributed by atoms with van der Waals surface area (Å²) in [5, 5.41) is 8.89. The molecule has 0 fully saturated rings. The van der Waals surface area contributed by atoms with Crippen molar-refractivity contribution in [3.8, 4) is 6.07 Å². The predicted molar refractivity (Wildman–Crippen MR) is 74.2 cm³/mol. The molecule has 17 heavy (non-hydrogen) atoms. The molecule has 5 heteroatoms. The summed E-state index contributed by atoms with van der Waals surface area (Å²) in [6.07, 6.45) is 3.19. The molecule has 0 aromatic carbocycles. The van der Waals surface area contributed by atoms with Crippen LogP contribution in [0.15, 0.2) is 12.1 Å². The average Bonchev–Trinajstić information content (AvgIpc) is 2.35. The summed E-state index contributed by atoms with van der Waals surface area (Å²) < 4.78 is 0. The molecule has 4 nitrogen and oxygen atoms in total. The zero-order valence-electron chi connectivity index (χ0n) is 10.5. The van der Waals surface area contributed by atoms with Gasteiger partial charge in [0.25, 0.3) is 0 Å². The quantitative estimate of drug-likeness (QED) is 0.867. The Labute approximate surface area is 107 Å². The highest BCUT2D eigenvalue weighted by Crippen LogP contribution is 2.18. The molecule has 1 heterocycles. The van der Waals surface area contributed by atoms with Crippen molar-refractivity contribution >= 4 is 23.3 Å². The number of thioether (sulfide) groups is 1. The van der Waals surface area contributed by atoms with Crippen molar-refractivity contribution in [1.82, 2.24) is 4.98 Å². The maximum absolute atomic E-state index is 8.89. The second kappa shape index (κ2) is 6.36. The SMILES string of the molecule is CSCCC(C)N(C)c1ccc(N)c(C#N)n1. The zero-order valence-corrected chi connectivity index (χ0v) is 11.3. The number of rotatable bonds is 5. The smallest absolute Gasteiger partial charge is 0.165 e. The van der Waals surface area contributed by atoms with Crippen molar-refractivity contribution in [3.63, 3.8) is 0 Å². The van der Waals surface area contributed by atoms with Gasteiger partial charge in [-0.2, -0.15) is 17.0 Å². The molecule has 1 aromatic rings. The van der Waals surface area contributed by atoms with Crippen molar-refractivity contribution < 1.29 is 0 Å². The molecule has 0 spiro atoms. The number of nitriles is 1. The van der Waals surface area contributed by atoms with Crippen molar-refractivity contribution in [2.75, 3.05) is 29.7 Å². The standard InChI is InChI=1S/C12H18N4S/c1-9(6-7-17-3)16(2)12-5-4-10(14)11(8-13)15-12/h4-5,9H,6-7,14H2,1-3H3. The number of aromatic nitrogens is 1. The third kappa shape index (κ3) is 3.53. The third-order valence-electron chi connectivity index (χ3n) is 2.78. The summed E-state index contributed by atoms with van der Waals surface area (Å²) in [5.41, 5.74) is 6.38. The molecule has 1 atom stereocenters. The number of hydrogen-bond acceptors (Lipinski definition) is 5. The first kappa shape index (κ1) is 13.7. The van der Waals surface area contributed by atoms with Crippen LogP contribution in [0.1, 0.15) is 19.0 Å². The van der Waals surface area contributed by atoms with Crippen molar-refractivity contribution in [2.45, 2.75) is 19.4 Å². The Morgan fingerprint density at radius 1 is 1.59 bits per heavy atom. The minimum absolute atomic E-state index is 0.298. The van der Waals surface area contributed by atoms with E-state index in [1.807, 2.05) is 30.9 Å². The molecular weight excluding hydrogens is 232 g/mol. The molecule has 1 unspecified atom stereocenters. The molecule has 92 valence electrons. The maximum atomic E-state index is 8.89. The Kier molecular flexibility index (Phi) is 5.11. The van der Waals surface area contributed by atoms with Crippen molar-refractivity contribution in [1.29, 1.82) is 5.26 Å². The van der Waals surface area contributed by atoms with Gasteiger partial charge in [-0.1, -0.05) is 0 Å². The summed E-state index contributed by atoms with van der Waals surface area (Å²) in [4.78, 5) is 6.33. The Morgan fingerprint density at radius 2 is 2.29 bits per heavy atom. The van der Waals surface area contributed by atoms with Crippen LogP contribution < -0.4 is 10.6 Å². The lowest BCUT2D eigenvalue weighted by atomic mass is 10.2. The van der Waals surface area contributed by atoms with E-state index >= 15 is 0 Å². The van der Waals surface area contributed by atoms with E-state index in [1.54, 1.807) is 6.07 Å². The van der Waals surface area contributed by atoms with Crippen LogP contribution in [-0.2, 0) is 0 Å². The van der Waals surface area contributed by atoms with Gasteiger partial charge < -0.3 is 10.6 Å². The fraction of sp³-hybridized carbons (Fsp3) is 0.500. The highest BCUT2D eigenvalue weighted by molar-refractivity contribution is 7.98.